The highest BCUT2D eigenvalue weighted by atomic mass is 32.2. The molecule has 2 N–H and O–H groups in total. The lowest BCUT2D eigenvalue weighted by Gasteiger charge is -2.39. The number of benzene rings is 1. The van der Waals surface area contributed by atoms with Crippen LogP contribution in [0, 0.1) is 17.3 Å². The molecule has 2 amide bonds. The van der Waals surface area contributed by atoms with Crippen molar-refractivity contribution in [1.82, 2.24) is 9.62 Å². The van der Waals surface area contributed by atoms with Gasteiger partial charge in [-0.15, -0.1) is 0 Å². The summed E-state index contributed by atoms with van der Waals surface area (Å²) in [6.07, 6.45) is 6.18. The Morgan fingerprint density at radius 1 is 1.06 bits per heavy atom. The van der Waals surface area contributed by atoms with Crippen LogP contribution in [0.25, 0.3) is 0 Å². The van der Waals surface area contributed by atoms with Gasteiger partial charge < -0.3 is 10.6 Å². The molecule has 0 unspecified atom stereocenters. The largest absolute Gasteiger partial charge is 0.347 e. The van der Waals surface area contributed by atoms with Crippen LogP contribution in [0.4, 0.5) is 5.69 Å². The Bertz CT molecular complexity index is 995. The molecule has 1 aromatic rings. The fourth-order valence-electron chi connectivity index (χ4n) is 5.02. The van der Waals surface area contributed by atoms with Crippen LogP contribution in [-0.2, 0) is 19.6 Å². The van der Waals surface area contributed by atoms with Crippen LogP contribution in [0.5, 0.6) is 0 Å². The third kappa shape index (κ3) is 6.27. The monoisotopic (exact) mass is 489 g/mol. The second kappa shape index (κ2) is 10.2. The van der Waals surface area contributed by atoms with Crippen molar-refractivity contribution in [1.29, 1.82) is 0 Å². The van der Waals surface area contributed by atoms with Crippen molar-refractivity contribution in [3.05, 3.63) is 36.9 Å². The highest BCUT2D eigenvalue weighted by molar-refractivity contribution is 7.89. The Morgan fingerprint density at radius 2 is 1.62 bits per heavy atom. The molecule has 1 aromatic carbocycles. The van der Waals surface area contributed by atoms with Gasteiger partial charge in [-0.05, 0) is 87.1 Å². The van der Waals surface area contributed by atoms with E-state index in [2.05, 4.69) is 38.0 Å². The lowest BCUT2D eigenvalue weighted by Crippen LogP contribution is -2.53. The van der Waals surface area contributed by atoms with E-state index in [1.165, 1.54) is 10.4 Å². The van der Waals surface area contributed by atoms with Crippen LogP contribution < -0.4 is 10.6 Å². The molecule has 0 bridgehead atoms. The molecular formula is C26H39N3O4S. The predicted octanol–water partition coefficient (Wildman–Crippen LogP) is 4.32. The van der Waals surface area contributed by atoms with E-state index >= 15 is 0 Å². The van der Waals surface area contributed by atoms with E-state index in [0.29, 0.717) is 37.5 Å². The van der Waals surface area contributed by atoms with Gasteiger partial charge in [0.25, 0.3) is 0 Å². The van der Waals surface area contributed by atoms with E-state index in [-0.39, 0.29) is 28.0 Å². The van der Waals surface area contributed by atoms with Crippen LogP contribution in [-0.4, -0.2) is 43.2 Å². The molecule has 1 aliphatic carbocycles. The maximum absolute atomic E-state index is 13.1. The SMILES string of the molecule is C=CC(=O)NC1(C)CCN(S(=O)(=O)c2ccc(NC(=O)C3CCC(C(C)(C)C)CC3)cc2)CC1. The number of sulfonamides is 1. The van der Waals surface area contributed by atoms with Gasteiger partial charge in [0.1, 0.15) is 0 Å². The van der Waals surface area contributed by atoms with Crippen molar-refractivity contribution in [2.24, 2.45) is 17.3 Å². The summed E-state index contributed by atoms with van der Waals surface area (Å²) in [6, 6.07) is 6.41. The summed E-state index contributed by atoms with van der Waals surface area (Å²) in [5.74, 6) is 0.414. The topological polar surface area (TPSA) is 95.6 Å². The van der Waals surface area contributed by atoms with Crippen molar-refractivity contribution in [3.63, 3.8) is 0 Å². The van der Waals surface area contributed by atoms with Crippen molar-refractivity contribution in [3.8, 4) is 0 Å². The van der Waals surface area contributed by atoms with Gasteiger partial charge in [0, 0.05) is 30.2 Å². The smallest absolute Gasteiger partial charge is 0.243 e. The number of nitrogens with zero attached hydrogens (tertiary/aromatic N) is 1. The van der Waals surface area contributed by atoms with Crippen LogP contribution in [0.3, 0.4) is 0 Å². The summed E-state index contributed by atoms with van der Waals surface area (Å²) in [6.45, 7) is 12.8. The van der Waals surface area contributed by atoms with E-state index in [4.69, 9.17) is 0 Å². The number of piperidine rings is 1. The first-order valence-corrected chi connectivity index (χ1v) is 13.6. The minimum absolute atomic E-state index is 0.00579. The molecule has 7 nitrogen and oxygen atoms in total. The molecule has 0 atom stereocenters. The molecule has 1 saturated carbocycles. The molecule has 34 heavy (non-hydrogen) atoms. The fourth-order valence-corrected chi connectivity index (χ4v) is 6.46. The van der Waals surface area contributed by atoms with Crippen LogP contribution in [0.1, 0.15) is 66.2 Å². The van der Waals surface area contributed by atoms with Gasteiger partial charge >= 0.3 is 0 Å². The predicted molar refractivity (Wildman–Crippen MR) is 135 cm³/mol. The third-order valence-electron chi connectivity index (χ3n) is 7.52. The lowest BCUT2D eigenvalue weighted by molar-refractivity contribution is -0.121. The number of anilines is 1. The van der Waals surface area contributed by atoms with Gasteiger partial charge in [0.05, 0.1) is 4.90 Å². The molecule has 1 aliphatic heterocycles. The average molecular weight is 490 g/mol. The summed E-state index contributed by atoms with van der Waals surface area (Å²) in [4.78, 5) is 24.6. The summed E-state index contributed by atoms with van der Waals surface area (Å²) in [5, 5.41) is 5.86. The minimum atomic E-state index is -3.64. The quantitative estimate of drug-likeness (QED) is 0.582. The number of amides is 2. The summed E-state index contributed by atoms with van der Waals surface area (Å²) in [7, 11) is -3.64. The molecule has 0 spiro atoms. The van der Waals surface area contributed by atoms with Gasteiger partial charge in [-0.3, -0.25) is 9.59 Å². The molecule has 3 rings (SSSR count). The number of hydrogen-bond donors (Lipinski definition) is 2. The van der Waals surface area contributed by atoms with Gasteiger partial charge in [-0.1, -0.05) is 27.4 Å². The van der Waals surface area contributed by atoms with E-state index in [0.717, 1.165) is 25.7 Å². The van der Waals surface area contributed by atoms with E-state index in [1.807, 2.05) is 6.92 Å². The fraction of sp³-hybridized carbons (Fsp3) is 0.615. The summed E-state index contributed by atoms with van der Waals surface area (Å²) < 4.78 is 27.7. The molecule has 188 valence electrons. The molecule has 0 aromatic heterocycles. The standard InChI is InChI=1S/C26H39N3O4S/c1-6-23(30)28-26(5)15-17-29(18-16-26)34(32,33)22-13-11-21(12-14-22)27-24(31)19-7-9-20(10-8-19)25(2,3)4/h6,11-14,19-20H,1,7-10,15-18H2,2-5H3,(H,27,31)(H,28,30). The van der Waals surface area contributed by atoms with Crippen molar-refractivity contribution < 1.29 is 18.0 Å². The third-order valence-corrected chi connectivity index (χ3v) is 9.43. The second-order valence-electron chi connectivity index (χ2n) is 11.1. The van der Waals surface area contributed by atoms with Crippen molar-refractivity contribution in [2.75, 3.05) is 18.4 Å². The molecule has 2 aliphatic rings. The Labute approximate surface area is 204 Å². The first-order chi connectivity index (χ1) is 15.8. The highest BCUT2D eigenvalue weighted by Crippen LogP contribution is 2.40. The maximum Gasteiger partial charge on any atom is 0.243 e. The minimum Gasteiger partial charge on any atom is -0.347 e. The summed E-state index contributed by atoms with van der Waals surface area (Å²) >= 11 is 0. The van der Waals surface area contributed by atoms with Gasteiger partial charge in [-0.2, -0.15) is 4.31 Å². The Kier molecular flexibility index (Phi) is 7.92. The number of hydrogen-bond acceptors (Lipinski definition) is 4. The number of rotatable bonds is 6. The Morgan fingerprint density at radius 3 is 2.12 bits per heavy atom. The molecule has 8 heteroatoms. The average Bonchev–Trinajstić information content (AvgIpc) is 2.79. The van der Waals surface area contributed by atoms with Gasteiger partial charge in [-0.25, -0.2) is 8.42 Å². The van der Waals surface area contributed by atoms with Crippen LogP contribution in [0.15, 0.2) is 41.8 Å². The number of carbonyl (C=O) groups is 2. The number of carbonyl (C=O) groups excluding carboxylic acids is 2. The normalized spacial score (nSPS) is 23.6. The molecule has 1 saturated heterocycles. The number of nitrogens with one attached hydrogen (secondary N) is 2. The van der Waals surface area contributed by atoms with E-state index in [1.54, 1.807) is 24.3 Å². The van der Waals surface area contributed by atoms with E-state index < -0.39 is 15.6 Å². The highest BCUT2D eigenvalue weighted by Gasteiger charge is 2.36. The van der Waals surface area contributed by atoms with Crippen LogP contribution >= 0.6 is 0 Å². The second-order valence-corrected chi connectivity index (χ2v) is 13.0. The van der Waals surface area contributed by atoms with Crippen molar-refractivity contribution in [2.45, 2.75) is 76.7 Å². The first-order valence-electron chi connectivity index (χ1n) is 12.2. The van der Waals surface area contributed by atoms with Gasteiger partial charge in [0.15, 0.2) is 0 Å². The maximum atomic E-state index is 13.1. The van der Waals surface area contributed by atoms with Gasteiger partial charge in [0.2, 0.25) is 21.8 Å². The van der Waals surface area contributed by atoms with E-state index in [9.17, 15) is 18.0 Å². The van der Waals surface area contributed by atoms with Crippen molar-refractivity contribution >= 4 is 27.5 Å². The molecular weight excluding hydrogens is 450 g/mol. The summed E-state index contributed by atoms with van der Waals surface area (Å²) in [5.41, 5.74) is 0.437. The molecule has 2 fully saturated rings. The molecule has 0 radical (unpaired) electrons. The first kappa shape index (κ1) is 26.4. The zero-order chi connectivity index (χ0) is 25.1. The Hall–Kier alpha value is -2.19. The lowest BCUT2D eigenvalue weighted by atomic mass is 9.69. The molecule has 1 heterocycles. The van der Waals surface area contributed by atoms with Crippen LogP contribution in [0.2, 0.25) is 0 Å². The zero-order valence-electron chi connectivity index (χ0n) is 20.9. The Balaban J connectivity index is 1.56. The zero-order valence-corrected chi connectivity index (χ0v) is 21.7.